The molecule has 0 radical (unpaired) electrons. The van der Waals surface area contributed by atoms with Gasteiger partial charge in [0.2, 0.25) is 0 Å². The van der Waals surface area contributed by atoms with Gasteiger partial charge in [-0.3, -0.25) is 0 Å². The van der Waals surface area contributed by atoms with Crippen molar-refractivity contribution in [3.05, 3.63) is 255 Å². The van der Waals surface area contributed by atoms with E-state index in [4.69, 9.17) is 0 Å². The Morgan fingerprint density at radius 1 is 0.231 bits per heavy atom. The predicted octanol–water partition coefficient (Wildman–Crippen LogP) is 14.7. The maximum Gasteiger partial charge on any atom is 0.179 e. The molecule has 5 heteroatoms. The van der Waals surface area contributed by atoms with Crippen molar-refractivity contribution in [3.8, 4) is 0 Å². The molecule has 308 valence electrons. The van der Waals surface area contributed by atoms with E-state index in [1.165, 1.54) is 61.1 Å². The van der Waals surface area contributed by atoms with Crippen molar-refractivity contribution in [1.29, 1.82) is 0 Å². The van der Waals surface area contributed by atoms with Crippen LogP contribution in [0.3, 0.4) is 0 Å². The van der Waals surface area contributed by atoms with Crippen molar-refractivity contribution >= 4 is 126 Å². The van der Waals surface area contributed by atoms with Crippen molar-refractivity contribution in [2.75, 3.05) is 9.80 Å². The summed E-state index contributed by atoms with van der Waals surface area (Å²) in [5.41, 5.74) is 6.76. The molecule has 12 rings (SSSR count). The molecule has 0 aliphatic carbocycles. The molecule has 0 saturated carbocycles. The second kappa shape index (κ2) is 16.5. The fourth-order valence-electron chi connectivity index (χ4n) is 9.87. The Hall–Kier alpha value is -7.54. The molecule has 2 aromatic heterocycles. The summed E-state index contributed by atoms with van der Waals surface area (Å²) in [5, 5.41) is 10.5. The van der Waals surface area contributed by atoms with Gasteiger partial charge in [0, 0.05) is 74.5 Å². The molecule has 0 aliphatic rings. The molecule has 65 heavy (non-hydrogen) atoms. The zero-order valence-corrected chi connectivity index (χ0v) is 38.1. The third kappa shape index (κ3) is 6.84. The third-order valence-electron chi connectivity index (χ3n) is 12.8. The van der Waals surface area contributed by atoms with E-state index in [0.29, 0.717) is 0 Å². The van der Waals surface area contributed by atoms with Crippen molar-refractivity contribution in [2.45, 2.75) is 0 Å². The van der Waals surface area contributed by atoms with Gasteiger partial charge in [-0.1, -0.05) is 170 Å². The Bertz CT molecular complexity index is 3570. The van der Waals surface area contributed by atoms with Crippen LogP contribution in [0.4, 0.5) is 34.1 Å². The number of hydrogen-bond donors (Lipinski definition) is 0. The normalized spacial score (nSPS) is 11.7. The summed E-state index contributed by atoms with van der Waals surface area (Å²) in [6.07, 6.45) is 0. The standard InChI is InChI=1S/C60H42N2S2Si/c1-5-18-43(19-6-1)61(47-34-38-55-53-28-13-15-30-57(53)63-59(55)41-47)45-32-36-51(37-33-45)65(49-23-9-3-10-24-49,50-25-11-4-12-26-50)52-27-17-22-46(40-52)62(44-20-7-2-8-21-44)48-35-39-56-54-29-14-16-31-58(54)64-60(56)42-48/h1-42H. The van der Waals surface area contributed by atoms with Gasteiger partial charge in [-0.2, -0.15) is 0 Å². The van der Waals surface area contributed by atoms with Gasteiger partial charge in [0.15, 0.2) is 8.07 Å². The highest BCUT2D eigenvalue weighted by Crippen LogP contribution is 2.42. The highest BCUT2D eigenvalue weighted by molar-refractivity contribution is 7.26. The number of nitrogens with zero attached hydrogens (tertiary/aromatic N) is 2. The van der Waals surface area contributed by atoms with Gasteiger partial charge in [0.05, 0.1) is 0 Å². The Labute approximate surface area is 388 Å². The summed E-state index contributed by atoms with van der Waals surface area (Å²) in [4.78, 5) is 4.82. The fraction of sp³-hybridized carbons (Fsp3) is 0. The highest BCUT2D eigenvalue weighted by Gasteiger charge is 2.42. The smallest absolute Gasteiger partial charge is 0.179 e. The number of thiophene rings is 2. The Kier molecular flexibility index (Phi) is 9.94. The van der Waals surface area contributed by atoms with Crippen LogP contribution in [0.25, 0.3) is 40.3 Å². The Morgan fingerprint density at radius 3 is 1.08 bits per heavy atom. The number of hydrogen-bond acceptors (Lipinski definition) is 4. The van der Waals surface area contributed by atoms with Gasteiger partial charge in [0.25, 0.3) is 0 Å². The zero-order valence-electron chi connectivity index (χ0n) is 35.5. The largest absolute Gasteiger partial charge is 0.310 e. The van der Waals surface area contributed by atoms with Crippen LogP contribution in [-0.2, 0) is 0 Å². The van der Waals surface area contributed by atoms with Gasteiger partial charge >= 0.3 is 0 Å². The summed E-state index contributed by atoms with van der Waals surface area (Å²) in [6.45, 7) is 0. The van der Waals surface area contributed by atoms with Gasteiger partial charge in [0.1, 0.15) is 0 Å². The second-order valence-electron chi connectivity index (χ2n) is 16.5. The summed E-state index contributed by atoms with van der Waals surface area (Å²) in [6, 6.07) is 94.3. The van der Waals surface area contributed by atoms with E-state index in [-0.39, 0.29) is 0 Å². The van der Waals surface area contributed by atoms with Crippen LogP contribution >= 0.6 is 22.7 Å². The Balaban J connectivity index is 1.04. The zero-order chi connectivity index (χ0) is 43.2. The van der Waals surface area contributed by atoms with Crippen LogP contribution in [0.1, 0.15) is 0 Å². The molecule has 0 N–H and O–H groups in total. The molecular formula is C60H42N2S2Si. The highest BCUT2D eigenvalue weighted by atomic mass is 32.1. The topological polar surface area (TPSA) is 6.48 Å². The van der Waals surface area contributed by atoms with E-state index in [1.54, 1.807) is 0 Å². The lowest BCUT2D eigenvalue weighted by molar-refractivity contribution is 1.29. The first-order valence-corrected chi connectivity index (χ1v) is 25.7. The molecule has 0 spiro atoms. The van der Waals surface area contributed by atoms with E-state index < -0.39 is 8.07 Å². The maximum atomic E-state index is 2.47. The Morgan fingerprint density at radius 2 is 0.569 bits per heavy atom. The second-order valence-corrected chi connectivity index (χ2v) is 22.5. The van der Waals surface area contributed by atoms with Crippen molar-refractivity contribution < 1.29 is 0 Å². The first kappa shape index (κ1) is 39.1. The average molecular weight is 883 g/mol. The summed E-state index contributed by atoms with van der Waals surface area (Å²) in [5.74, 6) is 0. The quantitative estimate of drug-likeness (QED) is 0.0997. The maximum absolute atomic E-state index is 2.96. The number of rotatable bonds is 10. The first-order valence-electron chi connectivity index (χ1n) is 22.1. The molecule has 2 nitrogen and oxygen atoms in total. The molecule has 10 aromatic carbocycles. The molecule has 12 aromatic rings. The van der Waals surface area contributed by atoms with Crippen molar-refractivity contribution in [2.24, 2.45) is 0 Å². The first-order chi connectivity index (χ1) is 32.2. The van der Waals surface area contributed by atoms with Crippen LogP contribution in [0, 0.1) is 0 Å². The predicted molar refractivity (Wildman–Crippen MR) is 285 cm³/mol. The van der Waals surface area contributed by atoms with Gasteiger partial charge in [-0.15, -0.1) is 22.7 Å². The van der Waals surface area contributed by atoms with Crippen molar-refractivity contribution in [3.63, 3.8) is 0 Å². The third-order valence-corrected chi connectivity index (χ3v) is 19.8. The molecule has 0 unspecified atom stereocenters. The molecule has 2 heterocycles. The number of fused-ring (bicyclic) bond motifs is 6. The summed E-state index contributed by atoms with van der Waals surface area (Å²) >= 11 is 3.72. The molecule has 0 aliphatic heterocycles. The lowest BCUT2D eigenvalue weighted by atomic mass is 10.1. The fourth-order valence-corrected chi connectivity index (χ4v) is 16.9. The number of para-hydroxylation sites is 2. The SMILES string of the molecule is c1ccc(N(c2ccc([Si](c3ccccc3)(c3ccccc3)c3cccc(N(c4ccccc4)c4ccc5c(c4)sc4ccccc45)c3)cc2)c2ccc3c(c2)sc2ccccc23)cc1. The molecular weight excluding hydrogens is 841 g/mol. The molecule has 0 fully saturated rings. The van der Waals surface area contributed by atoms with E-state index in [1.807, 2.05) is 22.7 Å². The average Bonchev–Trinajstić information content (AvgIpc) is 3.94. The van der Waals surface area contributed by atoms with Gasteiger partial charge in [-0.05, 0) is 106 Å². The van der Waals surface area contributed by atoms with E-state index >= 15 is 0 Å². The lowest BCUT2D eigenvalue weighted by Gasteiger charge is -2.36. The molecule has 0 bridgehead atoms. The molecule has 0 amide bonds. The van der Waals surface area contributed by atoms with E-state index in [9.17, 15) is 0 Å². The number of anilines is 6. The van der Waals surface area contributed by atoms with Gasteiger partial charge < -0.3 is 9.80 Å². The van der Waals surface area contributed by atoms with Crippen LogP contribution < -0.4 is 30.5 Å². The minimum atomic E-state index is -2.96. The molecule has 0 atom stereocenters. The van der Waals surface area contributed by atoms with Crippen LogP contribution in [0.5, 0.6) is 0 Å². The summed E-state index contributed by atoms with van der Waals surface area (Å²) in [7, 11) is -2.96. The van der Waals surface area contributed by atoms with Gasteiger partial charge in [-0.25, -0.2) is 0 Å². The van der Waals surface area contributed by atoms with Crippen LogP contribution in [0.2, 0.25) is 0 Å². The van der Waals surface area contributed by atoms with Crippen LogP contribution in [0.15, 0.2) is 255 Å². The minimum Gasteiger partial charge on any atom is -0.310 e. The number of benzene rings is 10. The summed E-state index contributed by atoms with van der Waals surface area (Å²) < 4.78 is 5.19. The lowest BCUT2D eigenvalue weighted by Crippen LogP contribution is -2.74. The van der Waals surface area contributed by atoms with E-state index in [0.717, 1.165) is 34.1 Å². The molecule has 0 saturated heterocycles. The minimum absolute atomic E-state index is 1.12. The van der Waals surface area contributed by atoms with Crippen LogP contribution in [-0.4, -0.2) is 8.07 Å². The monoisotopic (exact) mass is 882 g/mol. The van der Waals surface area contributed by atoms with E-state index in [2.05, 4.69) is 265 Å². The van der Waals surface area contributed by atoms with Crippen molar-refractivity contribution in [1.82, 2.24) is 0 Å².